The second-order valence-corrected chi connectivity index (χ2v) is 13.0. The van der Waals surface area contributed by atoms with Crippen molar-refractivity contribution < 1.29 is 0 Å². The smallest absolute Gasteiger partial charge is 0.145 e. The number of hydrogen-bond donors (Lipinski definition) is 1. The van der Waals surface area contributed by atoms with Crippen LogP contribution in [0.15, 0.2) is 72.8 Å². The minimum atomic E-state index is 0.147. The number of rotatable bonds is 16. The molecular formula is C37H48Cl2N6. The fourth-order valence-corrected chi connectivity index (χ4v) is 6.47. The Morgan fingerprint density at radius 3 is 1.91 bits per heavy atom. The van der Waals surface area contributed by atoms with E-state index in [-0.39, 0.29) is 6.04 Å². The van der Waals surface area contributed by atoms with Gasteiger partial charge in [-0.25, -0.2) is 9.97 Å². The maximum atomic E-state index is 6.24. The molecule has 0 radical (unpaired) electrons. The first kappa shape index (κ1) is 33.6. The molecule has 0 bridgehead atoms. The van der Waals surface area contributed by atoms with E-state index in [0.717, 1.165) is 84.8 Å². The van der Waals surface area contributed by atoms with Crippen molar-refractivity contribution in [1.29, 1.82) is 0 Å². The van der Waals surface area contributed by atoms with Crippen molar-refractivity contribution in [2.75, 3.05) is 57.7 Å². The van der Waals surface area contributed by atoms with Crippen LogP contribution in [-0.2, 0) is 6.54 Å². The molecule has 0 spiro atoms. The molecule has 45 heavy (non-hydrogen) atoms. The first-order chi connectivity index (χ1) is 22.0. The Balaban J connectivity index is 1.22. The number of piperazine rings is 1. The highest BCUT2D eigenvalue weighted by Crippen LogP contribution is 2.31. The summed E-state index contributed by atoms with van der Waals surface area (Å²) in [5.74, 6) is 1.83. The van der Waals surface area contributed by atoms with E-state index >= 15 is 0 Å². The maximum Gasteiger partial charge on any atom is 0.145 e. The number of aromatic nitrogens is 2. The highest BCUT2D eigenvalue weighted by Gasteiger charge is 2.27. The fourth-order valence-electron chi connectivity index (χ4n) is 6.22. The minimum Gasteiger partial charge on any atom is -0.369 e. The van der Waals surface area contributed by atoms with Gasteiger partial charge in [-0.1, -0.05) is 86.3 Å². The van der Waals surface area contributed by atoms with E-state index in [0.29, 0.717) is 0 Å². The summed E-state index contributed by atoms with van der Waals surface area (Å²) in [6.07, 6.45) is 6.14. The van der Waals surface area contributed by atoms with Crippen LogP contribution in [0.3, 0.4) is 0 Å². The molecule has 5 rings (SSSR count). The van der Waals surface area contributed by atoms with Crippen molar-refractivity contribution >= 4 is 39.9 Å². The number of nitrogens with zero attached hydrogens (tertiary/aromatic N) is 5. The summed E-state index contributed by atoms with van der Waals surface area (Å²) in [6.45, 7) is 13.5. The number of para-hydroxylation sites is 1. The third-order valence-electron chi connectivity index (χ3n) is 8.76. The molecule has 240 valence electrons. The standard InChI is InChI=1S/C37H48Cl2N6/c1-3-5-21-43(22-6-4-2)23-9-20-40-37-33-10-7-8-11-34(33)41-35(42-37)28-44-24-26-45(27-25-44)36(29-12-16-31(38)17-13-29)30-14-18-32(39)19-15-30/h7-8,10-19,36H,3-6,9,20-28H2,1-2H3,(H,40,41,42). The number of unbranched alkanes of at least 4 members (excludes halogenated alkanes) is 2. The summed E-state index contributed by atoms with van der Waals surface area (Å²) < 4.78 is 0. The predicted octanol–water partition coefficient (Wildman–Crippen LogP) is 8.55. The van der Waals surface area contributed by atoms with Gasteiger partial charge >= 0.3 is 0 Å². The summed E-state index contributed by atoms with van der Waals surface area (Å²) in [5.41, 5.74) is 3.48. The van der Waals surface area contributed by atoms with Crippen LogP contribution in [0.25, 0.3) is 10.9 Å². The van der Waals surface area contributed by atoms with E-state index in [1.165, 1.54) is 49.9 Å². The van der Waals surface area contributed by atoms with Gasteiger partial charge in [0.25, 0.3) is 0 Å². The average molecular weight is 648 g/mol. The number of benzene rings is 3. The number of fused-ring (bicyclic) bond motifs is 1. The topological polar surface area (TPSA) is 47.5 Å². The van der Waals surface area contributed by atoms with E-state index in [1.54, 1.807) is 0 Å². The minimum absolute atomic E-state index is 0.147. The first-order valence-electron chi connectivity index (χ1n) is 16.7. The number of hydrogen-bond acceptors (Lipinski definition) is 6. The van der Waals surface area contributed by atoms with Gasteiger partial charge in [-0.15, -0.1) is 0 Å². The normalized spacial score (nSPS) is 14.5. The van der Waals surface area contributed by atoms with Crippen LogP contribution in [-0.4, -0.2) is 77.0 Å². The Bertz CT molecular complexity index is 1400. The van der Waals surface area contributed by atoms with Crippen LogP contribution in [0, 0.1) is 0 Å². The Labute approximate surface area is 279 Å². The van der Waals surface area contributed by atoms with E-state index < -0.39 is 0 Å². The van der Waals surface area contributed by atoms with Gasteiger partial charge in [0, 0.05) is 48.2 Å². The molecule has 1 aromatic heterocycles. The van der Waals surface area contributed by atoms with Crippen molar-refractivity contribution in [3.05, 3.63) is 99.8 Å². The fraction of sp³-hybridized carbons (Fsp3) is 0.459. The van der Waals surface area contributed by atoms with Crippen LogP contribution in [0.2, 0.25) is 10.0 Å². The lowest BCUT2D eigenvalue weighted by molar-refractivity contribution is 0.103. The van der Waals surface area contributed by atoms with Gasteiger partial charge in [0.2, 0.25) is 0 Å². The number of halogens is 2. The van der Waals surface area contributed by atoms with Crippen LogP contribution < -0.4 is 5.32 Å². The first-order valence-corrected chi connectivity index (χ1v) is 17.5. The van der Waals surface area contributed by atoms with E-state index in [9.17, 15) is 0 Å². The van der Waals surface area contributed by atoms with Gasteiger partial charge in [-0.2, -0.15) is 0 Å². The molecule has 2 heterocycles. The Morgan fingerprint density at radius 2 is 1.31 bits per heavy atom. The maximum absolute atomic E-state index is 6.24. The molecule has 1 aliphatic rings. The zero-order chi connectivity index (χ0) is 31.4. The lowest BCUT2D eigenvalue weighted by Gasteiger charge is -2.39. The molecule has 1 fully saturated rings. The summed E-state index contributed by atoms with van der Waals surface area (Å²) in [7, 11) is 0. The summed E-state index contributed by atoms with van der Waals surface area (Å²) in [4.78, 5) is 17.7. The SMILES string of the molecule is CCCCN(CCCC)CCCNc1nc(CN2CCN(C(c3ccc(Cl)cc3)c3ccc(Cl)cc3)CC2)nc2ccccc12. The zero-order valence-electron chi connectivity index (χ0n) is 26.9. The van der Waals surface area contributed by atoms with Crippen molar-refractivity contribution in [3.8, 4) is 0 Å². The van der Waals surface area contributed by atoms with Gasteiger partial charge in [0.05, 0.1) is 18.1 Å². The second-order valence-electron chi connectivity index (χ2n) is 12.2. The van der Waals surface area contributed by atoms with E-state index in [4.69, 9.17) is 33.2 Å². The Morgan fingerprint density at radius 1 is 0.733 bits per heavy atom. The third-order valence-corrected chi connectivity index (χ3v) is 9.26. The molecule has 3 aromatic carbocycles. The molecule has 6 nitrogen and oxygen atoms in total. The van der Waals surface area contributed by atoms with Gasteiger partial charge in [0.1, 0.15) is 11.6 Å². The number of anilines is 1. The average Bonchev–Trinajstić information content (AvgIpc) is 3.06. The van der Waals surface area contributed by atoms with Crippen LogP contribution in [0.1, 0.15) is 68.9 Å². The van der Waals surface area contributed by atoms with Crippen molar-refractivity contribution in [2.24, 2.45) is 0 Å². The molecule has 0 unspecified atom stereocenters. The molecule has 8 heteroatoms. The van der Waals surface area contributed by atoms with Crippen LogP contribution >= 0.6 is 23.2 Å². The van der Waals surface area contributed by atoms with Crippen molar-refractivity contribution in [1.82, 2.24) is 24.7 Å². The quantitative estimate of drug-likeness (QED) is 0.123. The largest absolute Gasteiger partial charge is 0.369 e. The molecule has 0 aliphatic carbocycles. The van der Waals surface area contributed by atoms with E-state index in [1.807, 2.05) is 24.3 Å². The lowest BCUT2D eigenvalue weighted by atomic mass is 9.96. The van der Waals surface area contributed by atoms with Crippen LogP contribution in [0.5, 0.6) is 0 Å². The molecule has 0 saturated carbocycles. The third kappa shape index (κ3) is 9.63. The molecule has 4 aromatic rings. The Kier molecular flexibility index (Phi) is 12.9. The molecule has 0 amide bonds. The highest BCUT2D eigenvalue weighted by atomic mass is 35.5. The summed E-state index contributed by atoms with van der Waals surface area (Å²) >= 11 is 12.5. The van der Waals surface area contributed by atoms with Gasteiger partial charge in [-0.05, 0) is 86.4 Å². The monoisotopic (exact) mass is 646 g/mol. The molecule has 1 aliphatic heterocycles. The van der Waals surface area contributed by atoms with Crippen molar-refractivity contribution in [2.45, 2.75) is 58.5 Å². The molecule has 1 saturated heterocycles. The van der Waals surface area contributed by atoms with Gasteiger partial charge < -0.3 is 10.2 Å². The van der Waals surface area contributed by atoms with E-state index in [2.05, 4.69) is 82.4 Å². The van der Waals surface area contributed by atoms with Gasteiger partial charge in [0.15, 0.2) is 0 Å². The highest BCUT2D eigenvalue weighted by molar-refractivity contribution is 6.30. The van der Waals surface area contributed by atoms with Crippen LogP contribution in [0.4, 0.5) is 5.82 Å². The summed E-state index contributed by atoms with van der Waals surface area (Å²) in [6, 6.07) is 25.0. The summed E-state index contributed by atoms with van der Waals surface area (Å²) in [5, 5.41) is 6.27. The molecule has 0 atom stereocenters. The zero-order valence-corrected chi connectivity index (χ0v) is 28.4. The molecular weight excluding hydrogens is 599 g/mol. The van der Waals surface area contributed by atoms with Gasteiger partial charge in [-0.3, -0.25) is 9.80 Å². The van der Waals surface area contributed by atoms with Crippen molar-refractivity contribution in [3.63, 3.8) is 0 Å². The lowest BCUT2D eigenvalue weighted by Crippen LogP contribution is -2.47. The molecule has 1 N–H and O–H groups in total. The predicted molar refractivity (Wildman–Crippen MR) is 190 cm³/mol. The number of nitrogens with one attached hydrogen (secondary N) is 1. The second kappa shape index (κ2) is 17.3. The Hall–Kier alpha value is -2.74.